The van der Waals surface area contributed by atoms with Crippen molar-refractivity contribution in [2.24, 2.45) is 5.16 Å². The second-order valence-corrected chi connectivity index (χ2v) is 5.32. The third-order valence-corrected chi connectivity index (χ3v) is 3.57. The Labute approximate surface area is 141 Å². The van der Waals surface area contributed by atoms with Crippen LogP contribution in [0.1, 0.15) is 11.1 Å². The highest BCUT2D eigenvalue weighted by atomic mass is 19.4. The lowest BCUT2D eigenvalue weighted by atomic mass is 10.1. The van der Waals surface area contributed by atoms with Crippen molar-refractivity contribution in [3.63, 3.8) is 0 Å². The Morgan fingerprint density at radius 1 is 1.08 bits per heavy atom. The third kappa shape index (κ3) is 4.06. The molecule has 0 N–H and O–H groups in total. The summed E-state index contributed by atoms with van der Waals surface area (Å²) in [5.74, 6) is -0.579. The SMILES string of the molecule is O=C(Cn1ccc2ccccc21)ON=Cc1ccc(C(F)(F)F)cc1. The van der Waals surface area contributed by atoms with Gasteiger partial charge in [0, 0.05) is 11.7 Å². The van der Waals surface area contributed by atoms with Gasteiger partial charge in [0.2, 0.25) is 0 Å². The molecule has 0 atom stereocenters. The van der Waals surface area contributed by atoms with Crippen LogP contribution in [0.4, 0.5) is 13.2 Å². The predicted molar refractivity (Wildman–Crippen MR) is 87.1 cm³/mol. The molecular formula is C18H13F3N2O2. The number of carbonyl (C=O) groups is 1. The summed E-state index contributed by atoms with van der Waals surface area (Å²) >= 11 is 0. The van der Waals surface area contributed by atoms with E-state index in [1.54, 1.807) is 10.8 Å². The lowest BCUT2D eigenvalue weighted by molar-refractivity contribution is -0.144. The predicted octanol–water partition coefficient (Wildman–Crippen LogP) is 4.24. The van der Waals surface area contributed by atoms with Crippen molar-refractivity contribution in [1.82, 2.24) is 4.57 Å². The molecule has 0 aliphatic rings. The second-order valence-electron chi connectivity index (χ2n) is 5.32. The van der Waals surface area contributed by atoms with Crippen molar-refractivity contribution in [3.8, 4) is 0 Å². The molecule has 2 aromatic carbocycles. The van der Waals surface area contributed by atoms with E-state index in [9.17, 15) is 18.0 Å². The first-order valence-corrected chi connectivity index (χ1v) is 7.38. The highest BCUT2D eigenvalue weighted by Gasteiger charge is 2.29. The Morgan fingerprint density at radius 2 is 1.80 bits per heavy atom. The fourth-order valence-corrected chi connectivity index (χ4v) is 2.35. The minimum atomic E-state index is -4.39. The highest BCUT2D eigenvalue weighted by Crippen LogP contribution is 2.28. The van der Waals surface area contributed by atoms with E-state index in [0.717, 1.165) is 23.0 Å². The van der Waals surface area contributed by atoms with E-state index in [4.69, 9.17) is 4.84 Å². The molecule has 0 radical (unpaired) electrons. The van der Waals surface area contributed by atoms with Gasteiger partial charge >= 0.3 is 12.1 Å². The number of aromatic nitrogens is 1. The molecule has 0 saturated carbocycles. The molecule has 0 saturated heterocycles. The number of rotatable bonds is 4. The lowest BCUT2D eigenvalue weighted by Crippen LogP contribution is -2.10. The summed E-state index contributed by atoms with van der Waals surface area (Å²) in [5, 5.41) is 4.53. The van der Waals surface area contributed by atoms with Crippen LogP contribution < -0.4 is 0 Å². The normalized spacial score (nSPS) is 12.0. The smallest absolute Gasteiger partial charge is 0.336 e. The Hall–Kier alpha value is -3.09. The zero-order valence-electron chi connectivity index (χ0n) is 12.9. The summed E-state index contributed by atoms with van der Waals surface area (Å²) in [5.41, 5.74) is 0.541. The first-order chi connectivity index (χ1) is 11.9. The van der Waals surface area contributed by atoms with Crippen LogP contribution >= 0.6 is 0 Å². The Bertz CT molecular complexity index is 912. The monoisotopic (exact) mass is 346 g/mol. The molecule has 1 aromatic heterocycles. The summed E-state index contributed by atoms with van der Waals surface area (Å²) in [6.07, 6.45) is -1.43. The van der Waals surface area contributed by atoms with Gasteiger partial charge in [-0.3, -0.25) is 0 Å². The van der Waals surface area contributed by atoms with E-state index in [1.807, 2.05) is 30.3 Å². The van der Waals surface area contributed by atoms with Crippen molar-refractivity contribution in [2.45, 2.75) is 12.7 Å². The molecule has 3 rings (SSSR count). The molecule has 0 amide bonds. The number of fused-ring (bicyclic) bond motifs is 1. The molecule has 7 heteroatoms. The van der Waals surface area contributed by atoms with Gasteiger partial charge in [0.25, 0.3) is 0 Å². The van der Waals surface area contributed by atoms with Crippen LogP contribution in [-0.2, 0) is 22.4 Å². The topological polar surface area (TPSA) is 43.6 Å². The minimum Gasteiger partial charge on any atom is -0.336 e. The number of para-hydroxylation sites is 1. The van der Waals surface area contributed by atoms with Gasteiger partial charge in [-0.05, 0) is 35.2 Å². The molecule has 128 valence electrons. The van der Waals surface area contributed by atoms with Gasteiger partial charge in [0.15, 0.2) is 0 Å². The molecule has 1 heterocycles. The van der Waals surface area contributed by atoms with E-state index < -0.39 is 17.7 Å². The molecule has 0 fully saturated rings. The fourth-order valence-electron chi connectivity index (χ4n) is 2.35. The number of halogens is 3. The first-order valence-electron chi connectivity index (χ1n) is 7.38. The molecule has 0 bridgehead atoms. The van der Waals surface area contributed by atoms with E-state index in [2.05, 4.69) is 5.16 Å². The van der Waals surface area contributed by atoms with Crippen molar-refractivity contribution in [1.29, 1.82) is 0 Å². The number of alkyl halides is 3. The Kier molecular flexibility index (Phi) is 4.56. The Morgan fingerprint density at radius 3 is 2.52 bits per heavy atom. The minimum absolute atomic E-state index is 0.0160. The van der Waals surface area contributed by atoms with Crippen molar-refractivity contribution < 1.29 is 22.8 Å². The van der Waals surface area contributed by atoms with Gasteiger partial charge in [-0.2, -0.15) is 13.2 Å². The maximum Gasteiger partial charge on any atom is 0.416 e. The third-order valence-electron chi connectivity index (χ3n) is 3.57. The molecule has 0 unspecified atom stereocenters. The van der Waals surface area contributed by atoms with Gasteiger partial charge in [-0.1, -0.05) is 35.5 Å². The summed E-state index contributed by atoms with van der Waals surface area (Å²) in [6.45, 7) is -0.0160. The van der Waals surface area contributed by atoms with Crippen LogP contribution in [0.15, 0.2) is 65.9 Å². The van der Waals surface area contributed by atoms with E-state index in [1.165, 1.54) is 18.3 Å². The largest absolute Gasteiger partial charge is 0.416 e. The van der Waals surface area contributed by atoms with E-state index >= 15 is 0 Å². The zero-order valence-corrected chi connectivity index (χ0v) is 12.9. The number of hydrogen-bond acceptors (Lipinski definition) is 3. The van der Waals surface area contributed by atoms with Gasteiger partial charge in [0.1, 0.15) is 6.54 Å². The quantitative estimate of drug-likeness (QED) is 0.403. The molecule has 0 aliphatic heterocycles. The maximum absolute atomic E-state index is 12.5. The first kappa shape index (κ1) is 16.8. The van der Waals surface area contributed by atoms with E-state index in [0.29, 0.717) is 5.56 Å². The lowest BCUT2D eigenvalue weighted by Gasteiger charge is -2.05. The second kappa shape index (κ2) is 6.80. The number of benzene rings is 2. The summed E-state index contributed by atoms with van der Waals surface area (Å²) in [7, 11) is 0. The summed E-state index contributed by atoms with van der Waals surface area (Å²) < 4.78 is 39.1. The average Bonchev–Trinajstić information content (AvgIpc) is 2.98. The van der Waals surface area contributed by atoms with Crippen molar-refractivity contribution in [3.05, 3.63) is 71.9 Å². The average molecular weight is 346 g/mol. The van der Waals surface area contributed by atoms with Gasteiger partial charge in [0.05, 0.1) is 11.8 Å². The fraction of sp³-hybridized carbons (Fsp3) is 0.111. The van der Waals surface area contributed by atoms with Gasteiger partial charge < -0.3 is 9.40 Å². The van der Waals surface area contributed by atoms with Crippen LogP contribution in [0, 0.1) is 0 Å². The molecule has 0 aliphatic carbocycles. The van der Waals surface area contributed by atoms with E-state index in [-0.39, 0.29) is 6.54 Å². The molecule has 0 spiro atoms. The maximum atomic E-state index is 12.5. The molecule has 3 aromatic rings. The summed E-state index contributed by atoms with van der Waals surface area (Å²) in [4.78, 5) is 16.6. The van der Waals surface area contributed by atoms with Crippen LogP contribution in [0.3, 0.4) is 0 Å². The van der Waals surface area contributed by atoms with Crippen LogP contribution in [0.2, 0.25) is 0 Å². The van der Waals surface area contributed by atoms with Crippen molar-refractivity contribution in [2.75, 3.05) is 0 Å². The zero-order chi connectivity index (χ0) is 17.9. The van der Waals surface area contributed by atoms with Crippen LogP contribution in [-0.4, -0.2) is 16.8 Å². The van der Waals surface area contributed by atoms with Gasteiger partial charge in [-0.25, -0.2) is 4.79 Å². The molecule has 4 nitrogen and oxygen atoms in total. The highest BCUT2D eigenvalue weighted by molar-refractivity contribution is 5.82. The van der Waals surface area contributed by atoms with Gasteiger partial charge in [-0.15, -0.1) is 0 Å². The summed E-state index contributed by atoms with van der Waals surface area (Å²) in [6, 6.07) is 13.8. The number of oxime groups is 1. The van der Waals surface area contributed by atoms with Crippen molar-refractivity contribution >= 4 is 23.1 Å². The number of carbonyl (C=O) groups excluding carboxylic acids is 1. The number of hydrogen-bond donors (Lipinski definition) is 0. The van der Waals surface area contributed by atoms with Crippen LogP contribution in [0.5, 0.6) is 0 Å². The standard InChI is InChI=1S/C18H13F3N2O2/c19-18(20,21)15-7-5-13(6-8-15)11-22-25-17(24)12-23-10-9-14-3-1-2-4-16(14)23/h1-11H,12H2. The molecule has 25 heavy (non-hydrogen) atoms. The molecular weight excluding hydrogens is 333 g/mol. The van der Waals surface area contributed by atoms with Crippen LogP contribution in [0.25, 0.3) is 10.9 Å². The number of nitrogens with zero attached hydrogens (tertiary/aromatic N) is 2. The Balaban J connectivity index is 1.59.